The molecule has 0 amide bonds. The number of pyridine rings is 1. The largest absolute Gasteiger partial charge is 0.392 e. The van der Waals surface area contributed by atoms with E-state index in [1.54, 1.807) is 0 Å². The minimum atomic E-state index is -2.62. The molecule has 6 heteroatoms. The molecule has 0 fully saturated rings. The normalized spacial score (nSPS) is 10.9. The highest BCUT2D eigenvalue weighted by atomic mass is 79.9. The molecule has 0 aromatic carbocycles. The SMILES string of the molecule is OCc1cnc(Br)c(C(F)F)c1Br. The summed E-state index contributed by atoms with van der Waals surface area (Å²) in [5.74, 6) is 0. The molecule has 1 rings (SSSR count). The van der Waals surface area contributed by atoms with Gasteiger partial charge in [0.2, 0.25) is 0 Å². The van der Waals surface area contributed by atoms with Crippen molar-refractivity contribution in [3.05, 3.63) is 26.4 Å². The van der Waals surface area contributed by atoms with Gasteiger partial charge in [-0.2, -0.15) is 0 Å². The van der Waals surface area contributed by atoms with Gasteiger partial charge in [-0.25, -0.2) is 13.8 Å². The molecule has 1 aromatic rings. The standard InChI is InChI=1S/C7H5Br2F2NO/c8-5-3(2-13)1-12-6(9)4(5)7(10)11/h1,7,13H,2H2. The second-order valence-electron chi connectivity index (χ2n) is 2.26. The predicted octanol–water partition coefficient (Wildman–Crippen LogP) is 3.04. The average Bonchev–Trinajstić information content (AvgIpc) is 2.04. The Morgan fingerprint density at radius 1 is 1.46 bits per heavy atom. The molecule has 0 aliphatic rings. The Bertz CT molecular complexity index is 320. The third-order valence-electron chi connectivity index (χ3n) is 1.46. The number of nitrogens with zero attached hydrogens (tertiary/aromatic N) is 1. The van der Waals surface area contributed by atoms with Crippen molar-refractivity contribution < 1.29 is 13.9 Å². The van der Waals surface area contributed by atoms with E-state index in [9.17, 15) is 8.78 Å². The van der Waals surface area contributed by atoms with Crippen molar-refractivity contribution in [3.8, 4) is 0 Å². The molecule has 0 atom stereocenters. The van der Waals surface area contributed by atoms with Crippen molar-refractivity contribution in [3.63, 3.8) is 0 Å². The Labute approximate surface area is 90.2 Å². The topological polar surface area (TPSA) is 33.1 Å². The third-order valence-corrected chi connectivity index (χ3v) is 3.03. The summed E-state index contributed by atoms with van der Waals surface area (Å²) < 4.78 is 25.1. The Morgan fingerprint density at radius 3 is 2.54 bits per heavy atom. The summed E-state index contributed by atoms with van der Waals surface area (Å²) >= 11 is 5.89. The van der Waals surface area contributed by atoms with Gasteiger partial charge in [0.25, 0.3) is 6.43 Å². The van der Waals surface area contributed by atoms with Crippen LogP contribution in [0.1, 0.15) is 17.6 Å². The van der Waals surface area contributed by atoms with Crippen molar-refractivity contribution in [1.82, 2.24) is 4.98 Å². The molecule has 0 aliphatic heterocycles. The number of aliphatic hydroxyl groups excluding tert-OH is 1. The van der Waals surface area contributed by atoms with E-state index in [4.69, 9.17) is 5.11 Å². The van der Waals surface area contributed by atoms with Crippen LogP contribution in [0.3, 0.4) is 0 Å². The van der Waals surface area contributed by atoms with Crippen LogP contribution in [0.5, 0.6) is 0 Å². The van der Waals surface area contributed by atoms with Gasteiger partial charge >= 0.3 is 0 Å². The monoisotopic (exact) mass is 315 g/mol. The zero-order valence-electron chi connectivity index (χ0n) is 6.27. The summed E-state index contributed by atoms with van der Waals surface area (Å²) in [4.78, 5) is 3.68. The van der Waals surface area contributed by atoms with Crippen molar-refractivity contribution in [2.45, 2.75) is 13.0 Å². The van der Waals surface area contributed by atoms with E-state index in [0.717, 1.165) is 0 Å². The van der Waals surface area contributed by atoms with Gasteiger partial charge < -0.3 is 5.11 Å². The average molecular weight is 317 g/mol. The van der Waals surface area contributed by atoms with E-state index in [1.807, 2.05) is 0 Å². The van der Waals surface area contributed by atoms with E-state index < -0.39 is 6.43 Å². The minimum absolute atomic E-state index is 0.0894. The van der Waals surface area contributed by atoms with Crippen LogP contribution in [0.2, 0.25) is 0 Å². The molecule has 1 N–H and O–H groups in total. The summed E-state index contributed by atoms with van der Waals surface area (Å²) in [5, 5.41) is 8.79. The molecule has 2 nitrogen and oxygen atoms in total. The Balaban J connectivity index is 3.30. The minimum Gasteiger partial charge on any atom is -0.392 e. The second kappa shape index (κ2) is 4.43. The van der Waals surface area contributed by atoms with Crippen LogP contribution in [-0.2, 0) is 6.61 Å². The number of alkyl halides is 2. The first-order valence-electron chi connectivity index (χ1n) is 3.29. The predicted molar refractivity (Wildman–Crippen MR) is 50.5 cm³/mol. The fourth-order valence-corrected chi connectivity index (χ4v) is 2.15. The molecule has 0 aliphatic carbocycles. The lowest BCUT2D eigenvalue weighted by atomic mass is 10.2. The third kappa shape index (κ3) is 2.24. The molecule has 0 saturated carbocycles. The molecule has 0 spiro atoms. The van der Waals surface area contributed by atoms with Gasteiger partial charge in [0, 0.05) is 16.2 Å². The zero-order valence-corrected chi connectivity index (χ0v) is 9.44. The number of rotatable bonds is 2. The Kier molecular flexibility index (Phi) is 3.75. The molecular formula is C7H5Br2F2NO. The first-order chi connectivity index (χ1) is 6.07. The summed E-state index contributed by atoms with van der Waals surface area (Å²) in [6.45, 7) is -0.319. The van der Waals surface area contributed by atoms with Crippen LogP contribution in [0.25, 0.3) is 0 Å². The van der Waals surface area contributed by atoms with Crippen LogP contribution in [0.15, 0.2) is 15.3 Å². The first kappa shape index (κ1) is 11.0. The van der Waals surface area contributed by atoms with E-state index in [0.29, 0.717) is 5.56 Å². The maximum absolute atomic E-state index is 12.4. The fourth-order valence-electron chi connectivity index (χ4n) is 0.820. The molecule has 1 aromatic heterocycles. The first-order valence-corrected chi connectivity index (χ1v) is 4.88. The molecule has 1 heterocycles. The Morgan fingerprint density at radius 2 is 2.08 bits per heavy atom. The van der Waals surface area contributed by atoms with Crippen molar-refractivity contribution in [2.24, 2.45) is 0 Å². The van der Waals surface area contributed by atoms with Gasteiger partial charge in [-0.15, -0.1) is 0 Å². The summed E-state index contributed by atoms with van der Waals surface area (Å²) in [7, 11) is 0. The number of aromatic nitrogens is 1. The number of aliphatic hydroxyl groups is 1. The molecule has 0 bridgehead atoms. The zero-order chi connectivity index (χ0) is 10.0. The maximum Gasteiger partial charge on any atom is 0.267 e. The summed E-state index contributed by atoms with van der Waals surface area (Å²) in [6.07, 6.45) is -1.29. The van der Waals surface area contributed by atoms with Crippen molar-refractivity contribution in [2.75, 3.05) is 0 Å². The maximum atomic E-state index is 12.4. The van der Waals surface area contributed by atoms with E-state index in [2.05, 4.69) is 36.8 Å². The van der Waals surface area contributed by atoms with Gasteiger partial charge in [0.1, 0.15) is 4.60 Å². The van der Waals surface area contributed by atoms with Gasteiger partial charge in [-0.3, -0.25) is 0 Å². The number of hydrogen-bond acceptors (Lipinski definition) is 2. The Hall–Kier alpha value is -0.0700. The quantitative estimate of drug-likeness (QED) is 0.851. The van der Waals surface area contributed by atoms with Gasteiger partial charge in [0.15, 0.2) is 0 Å². The highest BCUT2D eigenvalue weighted by molar-refractivity contribution is 9.11. The van der Waals surface area contributed by atoms with Crippen LogP contribution >= 0.6 is 31.9 Å². The smallest absolute Gasteiger partial charge is 0.267 e. The van der Waals surface area contributed by atoms with Crippen LogP contribution < -0.4 is 0 Å². The fraction of sp³-hybridized carbons (Fsp3) is 0.286. The highest BCUT2D eigenvalue weighted by Crippen LogP contribution is 2.34. The van der Waals surface area contributed by atoms with Crippen molar-refractivity contribution >= 4 is 31.9 Å². The number of halogens is 4. The van der Waals surface area contributed by atoms with Crippen LogP contribution in [-0.4, -0.2) is 10.1 Å². The lowest BCUT2D eigenvalue weighted by Gasteiger charge is -2.08. The lowest BCUT2D eigenvalue weighted by molar-refractivity contribution is 0.148. The molecule has 0 saturated heterocycles. The summed E-state index contributed by atoms with van der Waals surface area (Å²) in [6, 6.07) is 0. The van der Waals surface area contributed by atoms with Crippen LogP contribution in [0, 0.1) is 0 Å². The van der Waals surface area contributed by atoms with Crippen molar-refractivity contribution in [1.29, 1.82) is 0 Å². The molecular weight excluding hydrogens is 312 g/mol. The van der Waals surface area contributed by atoms with Gasteiger partial charge in [0.05, 0.1) is 12.2 Å². The van der Waals surface area contributed by atoms with Gasteiger partial charge in [-0.1, -0.05) is 0 Å². The molecule has 72 valence electrons. The van der Waals surface area contributed by atoms with E-state index >= 15 is 0 Å². The molecule has 0 unspecified atom stereocenters. The van der Waals surface area contributed by atoms with E-state index in [-0.39, 0.29) is 21.2 Å². The van der Waals surface area contributed by atoms with Gasteiger partial charge in [-0.05, 0) is 31.9 Å². The summed E-state index contributed by atoms with van der Waals surface area (Å²) in [5.41, 5.74) is 0.116. The highest BCUT2D eigenvalue weighted by Gasteiger charge is 2.18. The van der Waals surface area contributed by atoms with E-state index in [1.165, 1.54) is 6.20 Å². The number of hydrogen-bond donors (Lipinski definition) is 1. The van der Waals surface area contributed by atoms with Crippen LogP contribution in [0.4, 0.5) is 8.78 Å². The molecule has 13 heavy (non-hydrogen) atoms. The molecule has 0 radical (unpaired) electrons. The lowest BCUT2D eigenvalue weighted by Crippen LogP contribution is -1.97. The second-order valence-corrected chi connectivity index (χ2v) is 3.80.